The number of hydrogen-bond donors (Lipinski definition) is 1. The van der Waals surface area contributed by atoms with Gasteiger partial charge in [-0.15, -0.1) is 0 Å². The molecule has 0 spiro atoms. The average molecular weight is 170 g/mol. The van der Waals surface area contributed by atoms with Gasteiger partial charge in [-0.25, -0.2) is 5.10 Å². The van der Waals surface area contributed by atoms with E-state index in [0.29, 0.717) is 0 Å². The largest absolute Gasteiger partial charge is 0.610 e. The summed E-state index contributed by atoms with van der Waals surface area (Å²) < 4.78 is 11.3. The van der Waals surface area contributed by atoms with Crippen molar-refractivity contribution in [2.45, 2.75) is 24.8 Å². The van der Waals surface area contributed by atoms with Crippen molar-refractivity contribution in [1.29, 1.82) is 0 Å². The van der Waals surface area contributed by atoms with E-state index in [1.54, 1.807) is 0 Å². The maximum Gasteiger partial charge on any atom is 0.243 e. The van der Waals surface area contributed by atoms with E-state index in [1.807, 2.05) is 6.92 Å². The highest BCUT2D eigenvalue weighted by molar-refractivity contribution is 7.91. The molecule has 3 nitrogen and oxygen atoms in total. The van der Waals surface area contributed by atoms with Crippen molar-refractivity contribution >= 4 is 11.2 Å². The van der Waals surface area contributed by atoms with Crippen LogP contribution in [-0.4, -0.2) is 20.5 Å². The molecule has 2 heterocycles. The number of fused-ring (bicyclic) bond motifs is 1. The van der Waals surface area contributed by atoms with Gasteiger partial charge in [-0.05, 0) is 19.8 Å². The van der Waals surface area contributed by atoms with Gasteiger partial charge in [-0.3, -0.25) is 0 Å². The van der Waals surface area contributed by atoms with E-state index in [2.05, 4.69) is 10.2 Å². The van der Waals surface area contributed by atoms with Gasteiger partial charge in [-0.1, -0.05) is 0 Å². The van der Waals surface area contributed by atoms with Gasteiger partial charge in [0.25, 0.3) is 0 Å². The molecule has 1 aliphatic heterocycles. The van der Waals surface area contributed by atoms with Gasteiger partial charge >= 0.3 is 0 Å². The summed E-state index contributed by atoms with van der Waals surface area (Å²) in [5, 5.41) is 7.71. The number of rotatable bonds is 0. The zero-order valence-corrected chi connectivity index (χ0v) is 7.20. The van der Waals surface area contributed by atoms with Gasteiger partial charge in [0.15, 0.2) is 0 Å². The molecule has 0 amide bonds. The van der Waals surface area contributed by atoms with E-state index in [4.69, 9.17) is 0 Å². The predicted molar refractivity (Wildman–Crippen MR) is 42.9 cm³/mol. The lowest BCUT2D eigenvalue weighted by atomic mass is 10.1. The Hall–Kier alpha value is -0.480. The fourth-order valence-corrected chi connectivity index (χ4v) is 2.68. The maximum atomic E-state index is 11.3. The van der Waals surface area contributed by atoms with Gasteiger partial charge in [0.1, 0.15) is 5.75 Å². The lowest BCUT2D eigenvalue weighted by Gasteiger charge is -2.14. The van der Waals surface area contributed by atoms with Crippen molar-refractivity contribution < 1.29 is 4.55 Å². The molecule has 1 aromatic heterocycles. The molecule has 11 heavy (non-hydrogen) atoms. The van der Waals surface area contributed by atoms with Crippen LogP contribution in [0.5, 0.6) is 0 Å². The second kappa shape index (κ2) is 2.53. The highest BCUT2D eigenvalue weighted by Gasteiger charge is 2.25. The fourth-order valence-electron chi connectivity index (χ4n) is 1.40. The Morgan fingerprint density at radius 3 is 3.18 bits per heavy atom. The molecule has 4 heteroatoms. The molecule has 0 saturated heterocycles. The standard InChI is InChI=1S/C7H10N2OS/c1-5-6-3-2-4-11(10)7(6)9-8-5/h2-4H2,1H3,(H,8,9). The van der Waals surface area contributed by atoms with Crippen molar-refractivity contribution in [3.05, 3.63) is 11.3 Å². The Bertz CT molecular complexity index is 271. The number of nitrogens with one attached hydrogen (secondary N) is 1. The van der Waals surface area contributed by atoms with Crippen LogP contribution in [0.2, 0.25) is 0 Å². The number of aromatic amines is 1. The molecule has 0 fully saturated rings. The van der Waals surface area contributed by atoms with Crippen molar-refractivity contribution in [3.8, 4) is 0 Å². The van der Waals surface area contributed by atoms with Crippen LogP contribution < -0.4 is 0 Å². The number of aryl methyl sites for hydroxylation is 1. The van der Waals surface area contributed by atoms with Crippen LogP contribution in [0.4, 0.5) is 0 Å². The lowest BCUT2D eigenvalue weighted by Crippen LogP contribution is -2.15. The molecular formula is C7H10N2OS. The zero-order valence-electron chi connectivity index (χ0n) is 6.39. The SMILES string of the molecule is Cc1n[nH]c2c1CCC[S+]2[O-]. The Labute approximate surface area is 68.4 Å². The first-order valence-corrected chi connectivity index (χ1v) is 5.03. The number of aromatic nitrogens is 2. The van der Waals surface area contributed by atoms with E-state index < -0.39 is 11.2 Å². The van der Waals surface area contributed by atoms with Crippen molar-refractivity contribution in [3.63, 3.8) is 0 Å². The topological polar surface area (TPSA) is 51.7 Å². The minimum Gasteiger partial charge on any atom is -0.610 e. The van der Waals surface area contributed by atoms with Gasteiger partial charge in [0.05, 0.1) is 11.3 Å². The molecule has 60 valence electrons. The maximum absolute atomic E-state index is 11.3. The summed E-state index contributed by atoms with van der Waals surface area (Å²) in [6.45, 7) is 1.96. The zero-order chi connectivity index (χ0) is 7.84. The fraction of sp³-hybridized carbons (Fsp3) is 0.571. The van der Waals surface area contributed by atoms with E-state index in [9.17, 15) is 4.55 Å². The Kier molecular flexibility index (Phi) is 1.65. The van der Waals surface area contributed by atoms with Crippen molar-refractivity contribution in [2.24, 2.45) is 0 Å². The first-order valence-electron chi connectivity index (χ1n) is 3.71. The van der Waals surface area contributed by atoms with E-state index in [1.165, 1.54) is 5.56 Å². The van der Waals surface area contributed by atoms with Gasteiger partial charge in [-0.2, -0.15) is 5.10 Å². The predicted octanol–water partition coefficient (Wildman–Crippen LogP) is 0.772. The molecule has 2 rings (SSSR count). The summed E-state index contributed by atoms with van der Waals surface area (Å²) in [6, 6.07) is 0. The first kappa shape index (κ1) is 7.18. The third kappa shape index (κ3) is 1.06. The lowest BCUT2D eigenvalue weighted by molar-refractivity contribution is 0.581. The molecule has 0 bridgehead atoms. The van der Waals surface area contributed by atoms with E-state index in [0.717, 1.165) is 29.3 Å². The smallest absolute Gasteiger partial charge is 0.243 e. The number of nitrogens with zero attached hydrogens (tertiary/aromatic N) is 1. The summed E-state index contributed by atoms with van der Waals surface area (Å²) in [7, 11) is 0. The highest BCUT2D eigenvalue weighted by atomic mass is 32.2. The van der Waals surface area contributed by atoms with Crippen LogP contribution in [0.3, 0.4) is 0 Å². The molecule has 1 atom stereocenters. The Morgan fingerprint density at radius 1 is 1.64 bits per heavy atom. The van der Waals surface area contributed by atoms with Gasteiger partial charge in [0.2, 0.25) is 5.03 Å². The summed E-state index contributed by atoms with van der Waals surface area (Å²) in [6.07, 6.45) is 2.06. The van der Waals surface area contributed by atoms with E-state index in [-0.39, 0.29) is 0 Å². The molecule has 1 aliphatic rings. The number of hydrogen-bond acceptors (Lipinski definition) is 2. The Balaban J connectivity index is 2.46. The first-order chi connectivity index (χ1) is 5.29. The van der Waals surface area contributed by atoms with Crippen LogP contribution >= 0.6 is 0 Å². The third-order valence-corrected chi connectivity index (χ3v) is 3.47. The van der Waals surface area contributed by atoms with Crippen LogP contribution in [0, 0.1) is 6.92 Å². The normalized spacial score (nSPS) is 23.3. The van der Waals surface area contributed by atoms with Crippen LogP contribution in [0.1, 0.15) is 17.7 Å². The second-order valence-corrected chi connectivity index (χ2v) is 4.28. The summed E-state index contributed by atoms with van der Waals surface area (Å²) >= 11 is -0.812. The highest BCUT2D eigenvalue weighted by Crippen LogP contribution is 2.24. The molecular weight excluding hydrogens is 160 g/mol. The molecule has 0 aliphatic carbocycles. The average Bonchev–Trinajstić information content (AvgIpc) is 2.35. The Morgan fingerprint density at radius 2 is 2.45 bits per heavy atom. The summed E-state index contributed by atoms with van der Waals surface area (Å²) in [4.78, 5) is 0. The summed E-state index contributed by atoms with van der Waals surface area (Å²) in [5.41, 5.74) is 2.18. The molecule has 0 saturated carbocycles. The minimum atomic E-state index is -0.812. The van der Waals surface area contributed by atoms with Gasteiger partial charge in [0, 0.05) is 11.2 Å². The molecule has 1 N–H and O–H groups in total. The second-order valence-electron chi connectivity index (χ2n) is 2.77. The molecule has 0 aromatic carbocycles. The number of H-pyrrole nitrogens is 1. The minimum absolute atomic E-state index is 0.786. The third-order valence-electron chi connectivity index (χ3n) is 2.02. The molecule has 0 radical (unpaired) electrons. The quantitative estimate of drug-likeness (QED) is 0.585. The molecule has 1 unspecified atom stereocenters. The van der Waals surface area contributed by atoms with Crippen LogP contribution in [-0.2, 0) is 17.6 Å². The van der Waals surface area contributed by atoms with Gasteiger partial charge < -0.3 is 4.55 Å². The van der Waals surface area contributed by atoms with Crippen molar-refractivity contribution in [1.82, 2.24) is 10.2 Å². The molecule has 1 aromatic rings. The summed E-state index contributed by atoms with van der Waals surface area (Å²) in [5.74, 6) is 0.786. The van der Waals surface area contributed by atoms with Crippen LogP contribution in [0.15, 0.2) is 5.03 Å². The van der Waals surface area contributed by atoms with E-state index >= 15 is 0 Å². The van der Waals surface area contributed by atoms with Crippen molar-refractivity contribution in [2.75, 3.05) is 5.75 Å². The monoisotopic (exact) mass is 170 g/mol. The van der Waals surface area contributed by atoms with Crippen LogP contribution in [0.25, 0.3) is 0 Å².